The molecule has 190 valence electrons. The lowest BCUT2D eigenvalue weighted by Gasteiger charge is -2.36. The number of piperazine rings is 1. The third-order valence-electron chi connectivity index (χ3n) is 7.44. The standard InChI is InChI=1S/C31H33N3O3/c1-36-27-9-5-8-26(18-27)30(37-22-24-12-10-23(20-32)11-13-24)21-33-14-16-34(17-15-33)31(35)29-19-28(29)25-6-3-2-4-7-25/h2-13,18,28-30H,14-17,19,21-22H2,1H3/t28-,29?,30?/m0/s1. The Bertz CT molecular complexity index is 1230. The Kier molecular flexibility index (Phi) is 7.84. The molecule has 6 nitrogen and oxygen atoms in total. The second-order valence-electron chi connectivity index (χ2n) is 9.87. The van der Waals surface area contributed by atoms with Crippen molar-refractivity contribution in [3.63, 3.8) is 0 Å². The van der Waals surface area contributed by atoms with E-state index < -0.39 is 0 Å². The van der Waals surface area contributed by atoms with Crippen molar-refractivity contribution in [3.05, 3.63) is 101 Å². The second kappa shape index (κ2) is 11.6. The van der Waals surface area contributed by atoms with Crippen molar-refractivity contribution in [3.8, 4) is 11.8 Å². The third kappa shape index (κ3) is 6.19. The van der Waals surface area contributed by atoms with Crippen molar-refractivity contribution in [1.82, 2.24) is 9.80 Å². The Hall–Kier alpha value is -3.66. The molecular formula is C31H33N3O3. The summed E-state index contributed by atoms with van der Waals surface area (Å²) < 4.78 is 11.9. The van der Waals surface area contributed by atoms with E-state index in [-0.39, 0.29) is 12.0 Å². The summed E-state index contributed by atoms with van der Waals surface area (Å²) in [5.41, 5.74) is 4.01. The Labute approximate surface area is 219 Å². The van der Waals surface area contributed by atoms with Gasteiger partial charge in [-0.3, -0.25) is 9.69 Å². The van der Waals surface area contributed by atoms with Crippen LogP contribution in [0.1, 0.15) is 40.7 Å². The number of nitriles is 1. The summed E-state index contributed by atoms with van der Waals surface area (Å²) in [6.07, 6.45) is 0.823. The molecule has 0 N–H and O–H groups in total. The number of hydrogen-bond acceptors (Lipinski definition) is 5. The summed E-state index contributed by atoms with van der Waals surface area (Å²) in [6.45, 7) is 4.34. The first-order chi connectivity index (χ1) is 18.1. The fraction of sp³-hybridized carbons (Fsp3) is 0.355. The average molecular weight is 496 g/mol. The average Bonchev–Trinajstić information content (AvgIpc) is 3.77. The molecule has 1 saturated heterocycles. The lowest BCUT2D eigenvalue weighted by molar-refractivity contribution is -0.134. The van der Waals surface area contributed by atoms with Gasteiger partial charge in [-0.25, -0.2) is 0 Å². The Morgan fingerprint density at radius 3 is 2.46 bits per heavy atom. The quantitative estimate of drug-likeness (QED) is 0.428. The van der Waals surface area contributed by atoms with E-state index in [1.54, 1.807) is 7.11 Å². The van der Waals surface area contributed by atoms with E-state index in [9.17, 15) is 4.79 Å². The molecule has 2 aliphatic rings. The van der Waals surface area contributed by atoms with Crippen molar-refractivity contribution in [2.45, 2.75) is 25.0 Å². The zero-order valence-corrected chi connectivity index (χ0v) is 21.3. The molecule has 2 unspecified atom stereocenters. The molecule has 1 aliphatic carbocycles. The lowest BCUT2D eigenvalue weighted by Crippen LogP contribution is -2.50. The topological polar surface area (TPSA) is 65.8 Å². The Balaban J connectivity index is 1.19. The van der Waals surface area contributed by atoms with Crippen molar-refractivity contribution >= 4 is 5.91 Å². The number of ether oxygens (including phenoxy) is 2. The molecule has 3 atom stereocenters. The van der Waals surface area contributed by atoms with E-state index in [0.29, 0.717) is 24.0 Å². The van der Waals surface area contributed by atoms with E-state index in [1.807, 2.05) is 53.4 Å². The first-order valence-electron chi connectivity index (χ1n) is 13.0. The van der Waals surface area contributed by atoms with Crippen LogP contribution in [0.15, 0.2) is 78.9 Å². The number of benzene rings is 3. The minimum Gasteiger partial charge on any atom is -0.497 e. The molecular weight excluding hydrogens is 462 g/mol. The molecule has 37 heavy (non-hydrogen) atoms. The fourth-order valence-electron chi connectivity index (χ4n) is 5.12. The monoisotopic (exact) mass is 495 g/mol. The maximum atomic E-state index is 13.1. The minimum absolute atomic E-state index is 0.134. The predicted molar refractivity (Wildman–Crippen MR) is 142 cm³/mol. The van der Waals surface area contributed by atoms with Crippen LogP contribution in [0.3, 0.4) is 0 Å². The zero-order valence-electron chi connectivity index (χ0n) is 21.3. The van der Waals surface area contributed by atoms with Gasteiger partial charge in [0.2, 0.25) is 5.91 Å². The highest BCUT2D eigenvalue weighted by atomic mass is 16.5. The summed E-state index contributed by atoms with van der Waals surface area (Å²) in [7, 11) is 1.67. The van der Waals surface area contributed by atoms with E-state index >= 15 is 0 Å². The van der Waals surface area contributed by atoms with Gasteiger partial charge in [-0.2, -0.15) is 5.26 Å². The van der Waals surface area contributed by atoms with Gasteiger partial charge in [0, 0.05) is 38.6 Å². The van der Waals surface area contributed by atoms with E-state index in [2.05, 4.69) is 41.3 Å². The number of hydrogen-bond donors (Lipinski definition) is 0. The fourth-order valence-corrected chi connectivity index (χ4v) is 5.12. The van der Waals surface area contributed by atoms with Crippen LogP contribution >= 0.6 is 0 Å². The largest absolute Gasteiger partial charge is 0.497 e. The lowest BCUT2D eigenvalue weighted by atomic mass is 10.1. The van der Waals surface area contributed by atoms with Gasteiger partial charge < -0.3 is 14.4 Å². The zero-order chi connectivity index (χ0) is 25.6. The maximum absolute atomic E-state index is 13.1. The molecule has 3 aromatic rings. The summed E-state index contributed by atoms with van der Waals surface area (Å²) in [6, 6.07) is 28.1. The van der Waals surface area contributed by atoms with Crippen LogP contribution in [0.25, 0.3) is 0 Å². The first kappa shape index (κ1) is 25.0. The molecule has 5 rings (SSSR count). The maximum Gasteiger partial charge on any atom is 0.226 e. The van der Waals surface area contributed by atoms with Gasteiger partial charge in [-0.05, 0) is 53.3 Å². The summed E-state index contributed by atoms with van der Waals surface area (Å²) in [5.74, 6) is 1.61. The summed E-state index contributed by atoms with van der Waals surface area (Å²) in [4.78, 5) is 17.5. The van der Waals surface area contributed by atoms with Gasteiger partial charge in [0.15, 0.2) is 0 Å². The van der Waals surface area contributed by atoms with E-state index in [4.69, 9.17) is 14.7 Å². The van der Waals surface area contributed by atoms with Gasteiger partial charge >= 0.3 is 0 Å². The van der Waals surface area contributed by atoms with Gasteiger partial charge in [0.1, 0.15) is 5.75 Å². The van der Waals surface area contributed by atoms with Gasteiger partial charge in [-0.15, -0.1) is 0 Å². The summed E-state index contributed by atoms with van der Waals surface area (Å²) in [5, 5.41) is 9.06. The predicted octanol–water partition coefficient (Wildman–Crippen LogP) is 4.77. The van der Waals surface area contributed by atoms with Crippen LogP contribution < -0.4 is 4.74 Å². The van der Waals surface area contributed by atoms with Crippen LogP contribution in [0.5, 0.6) is 5.75 Å². The van der Waals surface area contributed by atoms with Crippen molar-refractivity contribution < 1.29 is 14.3 Å². The highest BCUT2D eigenvalue weighted by Gasteiger charge is 2.46. The minimum atomic E-state index is -0.140. The molecule has 0 radical (unpaired) electrons. The van der Waals surface area contributed by atoms with E-state index in [0.717, 1.165) is 56.0 Å². The molecule has 0 aromatic heterocycles. The Morgan fingerprint density at radius 2 is 1.76 bits per heavy atom. The molecule has 1 saturated carbocycles. The second-order valence-corrected chi connectivity index (χ2v) is 9.87. The molecule has 2 fully saturated rings. The highest BCUT2D eigenvalue weighted by molar-refractivity contribution is 5.83. The number of nitrogens with zero attached hydrogens (tertiary/aromatic N) is 3. The number of rotatable bonds is 9. The number of carbonyl (C=O) groups excluding carboxylic acids is 1. The molecule has 1 amide bonds. The van der Waals surface area contributed by atoms with Crippen molar-refractivity contribution in [1.29, 1.82) is 5.26 Å². The van der Waals surface area contributed by atoms with Gasteiger partial charge in [-0.1, -0.05) is 54.6 Å². The van der Waals surface area contributed by atoms with Crippen LogP contribution in [0.2, 0.25) is 0 Å². The molecule has 0 spiro atoms. The van der Waals surface area contributed by atoms with Crippen molar-refractivity contribution in [2.75, 3.05) is 39.8 Å². The number of amides is 1. The highest BCUT2D eigenvalue weighted by Crippen LogP contribution is 2.48. The van der Waals surface area contributed by atoms with Crippen LogP contribution in [0, 0.1) is 17.2 Å². The number of carbonyl (C=O) groups is 1. The van der Waals surface area contributed by atoms with Gasteiger partial charge in [0.25, 0.3) is 0 Å². The normalized spacial score (nSPS) is 20.2. The van der Waals surface area contributed by atoms with Crippen LogP contribution in [-0.4, -0.2) is 55.5 Å². The van der Waals surface area contributed by atoms with Crippen LogP contribution in [-0.2, 0) is 16.1 Å². The molecule has 6 heteroatoms. The van der Waals surface area contributed by atoms with Crippen molar-refractivity contribution in [2.24, 2.45) is 5.92 Å². The SMILES string of the molecule is COc1cccc(C(CN2CCN(C(=O)C3C[C@H]3c3ccccc3)CC2)OCc2ccc(C#N)cc2)c1. The molecule has 3 aromatic carbocycles. The molecule has 1 heterocycles. The van der Waals surface area contributed by atoms with Crippen LogP contribution in [0.4, 0.5) is 0 Å². The molecule has 0 bridgehead atoms. The Morgan fingerprint density at radius 1 is 1.00 bits per heavy atom. The molecule has 1 aliphatic heterocycles. The van der Waals surface area contributed by atoms with E-state index in [1.165, 1.54) is 5.56 Å². The summed E-state index contributed by atoms with van der Waals surface area (Å²) >= 11 is 0. The first-order valence-corrected chi connectivity index (χ1v) is 13.0. The third-order valence-corrected chi connectivity index (χ3v) is 7.44. The van der Waals surface area contributed by atoms with Gasteiger partial charge in [0.05, 0.1) is 31.5 Å². The smallest absolute Gasteiger partial charge is 0.226 e. The number of methoxy groups -OCH3 is 1.